The average Bonchev–Trinajstić information content (AvgIpc) is 2.17. The molecule has 1 aromatic carbocycles. The highest BCUT2D eigenvalue weighted by molar-refractivity contribution is 6.37. The lowest BCUT2D eigenvalue weighted by Gasteiger charge is -2.00. The molecule has 1 aromatic rings. The Morgan fingerprint density at radius 1 is 1.40 bits per heavy atom. The van der Waals surface area contributed by atoms with Gasteiger partial charge < -0.3 is 5.11 Å². The molecule has 0 saturated carbocycles. The van der Waals surface area contributed by atoms with Gasteiger partial charge >= 0.3 is 5.97 Å². The molecule has 0 aromatic heterocycles. The molecule has 0 aliphatic heterocycles. The number of hydrogen-bond acceptors (Lipinski definition) is 2. The van der Waals surface area contributed by atoms with E-state index in [2.05, 4.69) is 0 Å². The topological polar surface area (TPSA) is 61.1 Å². The van der Waals surface area contributed by atoms with E-state index in [-0.39, 0.29) is 0 Å². The fraction of sp³-hybridized carbons (Fsp3) is 0. The molecule has 0 aliphatic rings. The molecule has 15 heavy (non-hydrogen) atoms. The van der Waals surface area contributed by atoms with Crippen LogP contribution >= 0.6 is 23.2 Å². The first-order valence-electron chi connectivity index (χ1n) is 3.85. The summed E-state index contributed by atoms with van der Waals surface area (Å²) >= 11 is 11.6. The summed E-state index contributed by atoms with van der Waals surface area (Å²) < 4.78 is 0. The zero-order chi connectivity index (χ0) is 11.4. The number of benzene rings is 1. The monoisotopic (exact) mass is 241 g/mol. The highest BCUT2D eigenvalue weighted by Gasteiger charge is 2.09. The van der Waals surface area contributed by atoms with Gasteiger partial charge in [0.2, 0.25) is 0 Å². The largest absolute Gasteiger partial charge is 0.477 e. The van der Waals surface area contributed by atoms with Crippen molar-refractivity contribution in [1.29, 1.82) is 5.26 Å². The summed E-state index contributed by atoms with van der Waals surface area (Å²) in [5, 5.41) is 17.8. The normalized spacial score (nSPS) is 10.9. The van der Waals surface area contributed by atoms with Crippen molar-refractivity contribution < 1.29 is 9.90 Å². The summed E-state index contributed by atoms with van der Waals surface area (Å²) in [5.41, 5.74) is -0.0789. The summed E-state index contributed by atoms with van der Waals surface area (Å²) in [4.78, 5) is 10.6. The third-order valence-corrected chi connectivity index (χ3v) is 2.30. The molecule has 0 saturated heterocycles. The first-order chi connectivity index (χ1) is 7.06. The fourth-order valence-electron chi connectivity index (χ4n) is 0.935. The van der Waals surface area contributed by atoms with Gasteiger partial charge in [-0.1, -0.05) is 29.3 Å². The molecule has 0 heterocycles. The average molecular weight is 242 g/mol. The zero-order valence-corrected chi connectivity index (χ0v) is 8.88. The van der Waals surface area contributed by atoms with Crippen LogP contribution < -0.4 is 0 Å². The molecule has 5 heteroatoms. The number of carboxylic acids is 1. The van der Waals surface area contributed by atoms with Crippen LogP contribution in [-0.2, 0) is 4.79 Å². The van der Waals surface area contributed by atoms with E-state index < -0.39 is 11.5 Å². The molecule has 0 aliphatic carbocycles. The molecular weight excluding hydrogens is 237 g/mol. The van der Waals surface area contributed by atoms with E-state index in [1.165, 1.54) is 0 Å². The first kappa shape index (κ1) is 11.6. The van der Waals surface area contributed by atoms with Crippen molar-refractivity contribution >= 4 is 35.2 Å². The smallest absolute Gasteiger partial charge is 0.346 e. The van der Waals surface area contributed by atoms with E-state index in [1.807, 2.05) is 0 Å². The minimum atomic E-state index is -1.31. The van der Waals surface area contributed by atoms with Gasteiger partial charge in [0, 0.05) is 15.6 Å². The molecule has 0 unspecified atom stereocenters. The van der Waals surface area contributed by atoms with Crippen LogP contribution in [0, 0.1) is 11.3 Å². The summed E-state index contributed by atoms with van der Waals surface area (Å²) in [6.45, 7) is 0. The van der Waals surface area contributed by atoms with Gasteiger partial charge in [-0.3, -0.25) is 0 Å². The van der Waals surface area contributed by atoms with Crippen molar-refractivity contribution in [2.24, 2.45) is 0 Å². The van der Waals surface area contributed by atoms with Crippen molar-refractivity contribution in [1.82, 2.24) is 0 Å². The quantitative estimate of drug-likeness (QED) is 0.640. The highest BCUT2D eigenvalue weighted by atomic mass is 35.5. The summed E-state index contributed by atoms with van der Waals surface area (Å²) in [5.74, 6) is -1.31. The minimum absolute atomic E-state index is 0.302. The van der Waals surface area contributed by atoms with Crippen molar-refractivity contribution in [3.8, 4) is 6.07 Å². The SMILES string of the molecule is N#C/C(=C\c1c(Cl)cccc1Cl)C(=O)O. The molecule has 1 N–H and O–H groups in total. The Morgan fingerprint density at radius 3 is 2.33 bits per heavy atom. The third-order valence-electron chi connectivity index (χ3n) is 1.64. The van der Waals surface area contributed by atoms with E-state index in [9.17, 15) is 4.79 Å². The summed E-state index contributed by atoms with van der Waals surface area (Å²) in [7, 11) is 0. The van der Waals surface area contributed by atoms with Crippen molar-refractivity contribution in [3.05, 3.63) is 39.4 Å². The van der Waals surface area contributed by atoms with E-state index in [0.29, 0.717) is 15.6 Å². The van der Waals surface area contributed by atoms with Gasteiger partial charge in [0.25, 0.3) is 0 Å². The molecule has 0 spiro atoms. The lowest BCUT2D eigenvalue weighted by atomic mass is 10.1. The van der Waals surface area contributed by atoms with Crippen LogP contribution in [0.25, 0.3) is 6.08 Å². The number of halogens is 2. The van der Waals surface area contributed by atoms with E-state index in [1.54, 1.807) is 24.3 Å². The fourth-order valence-corrected chi connectivity index (χ4v) is 1.44. The van der Waals surface area contributed by atoms with Gasteiger partial charge in [-0.05, 0) is 18.2 Å². The lowest BCUT2D eigenvalue weighted by molar-refractivity contribution is -0.132. The van der Waals surface area contributed by atoms with Crippen LogP contribution in [0.2, 0.25) is 10.0 Å². The van der Waals surface area contributed by atoms with Gasteiger partial charge in [0.1, 0.15) is 11.6 Å². The van der Waals surface area contributed by atoms with Gasteiger partial charge in [0.05, 0.1) is 0 Å². The number of nitrogens with zero attached hydrogens (tertiary/aromatic N) is 1. The maximum Gasteiger partial charge on any atom is 0.346 e. The van der Waals surface area contributed by atoms with E-state index in [0.717, 1.165) is 6.08 Å². The lowest BCUT2D eigenvalue weighted by Crippen LogP contribution is -1.97. The van der Waals surface area contributed by atoms with Crippen molar-refractivity contribution in [3.63, 3.8) is 0 Å². The number of aliphatic carboxylic acids is 1. The van der Waals surface area contributed by atoms with Gasteiger partial charge in [-0.25, -0.2) is 4.79 Å². The van der Waals surface area contributed by atoms with Crippen LogP contribution in [-0.4, -0.2) is 11.1 Å². The summed E-state index contributed by atoms with van der Waals surface area (Å²) in [6.07, 6.45) is 1.15. The Kier molecular flexibility index (Phi) is 3.73. The molecule has 3 nitrogen and oxygen atoms in total. The second-order valence-corrected chi connectivity index (χ2v) is 3.42. The number of hydrogen-bond donors (Lipinski definition) is 1. The molecule has 76 valence electrons. The van der Waals surface area contributed by atoms with Gasteiger partial charge in [0.15, 0.2) is 0 Å². The summed E-state index contributed by atoms with van der Waals surface area (Å²) in [6, 6.07) is 6.31. The molecular formula is C10H5Cl2NO2. The van der Waals surface area contributed by atoms with E-state index >= 15 is 0 Å². The molecule has 0 amide bonds. The second kappa shape index (κ2) is 4.83. The maximum atomic E-state index is 10.6. The van der Waals surface area contributed by atoms with Crippen molar-refractivity contribution in [2.45, 2.75) is 0 Å². The molecule has 0 fully saturated rings. The Hall–Kier alpha value is -1.50. The molecule has 1 rings (SSSR count). The maximum absolute atomic E-state index is 10.6. The van der Waals surface area contributed by atoms with Crippen LogP contribution in [0.15, 0.2) is 23.8 Å². The predicted octanol–water partition coefficient (Wildman–Crippen LogP) is 2.98. The van der Waals surface area contributed by atoms with Gasteiger partial charge in [-0.15, -0.1) is 0 Å². The Balaban J connectivity index is 3.30. The third kappa shape index (κ3) is 2.72. The number of carbonyl (C=O) groups is 1. The van der Waals surface area contributed by atoms with Crippen LogP contribution in [0.3, 0.4) is 0 Å². The standard InChI is InChI=1S/C10H5Cl2NO2/c11-8-2-1-3-9(12)7(8)4-6(5-13)10(14)15/h1-4H,(H,14,15)/b6-4+. The number of nitriles is 1. The van der Waals surface area contributed by atoms with Crippen LogP contribution in [0.1, 0.15) is 5.56 Å². The van der Waals surface area contributed by atoms with Gasteiger partial charge in [-0.2, -0.15) is 5.26 Å². The molecule has 0 atom stereocenters. The number of rotatable bonds is 2. The van der Waals surface area contributed by atoms with Crippen molar-refractivity contribution in [2.75, 3.05) is 0 Å². The predicted molar refractivity (Wildman–Crippen MR) is 57.7 cm³/mol. The second-order valence-electron chi connectivity index (χ2n) is 2.61. The molecule has 0 radical (unpaired) electrons. The molecule has 0 bridgehead atoms. The van der Waals surface area contributed by atoms with Crippen LogP contribution in [0.4, 0.5) is 0 Å². The Bertz CT molecular complexity index is 455. The Labute approximate surface area is 96.2 Å². The minimum Gasteiger partial charge on any atom is -0.477 e. The Morgan fingerprint density at radius 2 is 1.93 bits per heavy atom. The van der Waals surface area contributed by atoms with Crippen LogP contribution in [0.5, 0.6) is 0 Å². The zero-order valence-electron chi connectivity index (χ0n) is 7.37. The highest BCUT2D eigenvalue weighted by Crippen LogP contribution is 2.26. The number of carboxylic acid groups (broad SMARTS) is 1. The van der Waals surface area contributed by atoms with E-state index in [4.69, 9.17) is 33.6 Å². The first-order valence-corrected chi connectivity index (χ1v) is 4.61.